The van der Waals surface area contributed by atoms with Crippen LogP contribution in [0, 0.1) is 6.92 Å². The molecule has 0 unspecified atom stereocenters. The van der Waals surface area contributed by atoms with Gasteiger partial charge in [0.05, 0.1) is 12.2 Å². The Morgan fingerprint density at radius 1 is 1.58 bits per heavy atom. The van der Waals surface area contributed by atoms with Crippen LogP contribution in [0.15, 0.2) is 6.20 Å². The predicted molar refractivity (Wildman–Crippen MR) is 69.2 cm³/mol. The van der Waals surface area contributed by atoms with Crippen LogP contribution in [0.25, 0.3) is 0 Å². The standard InChI is InChI=1S/C11H17N7O/c1-4-18-5-8(12)10(16-18)11(19)17(3)6-9-13-7(2)14-15-9/h5H,4,6,12H2,1-3H3,(H,13,14,15). The number of carbonyl (C=O) groups excluding carboxylic acids is 1. The maximum Gasteiger partial charge on any atom is 0.276 e. The molecule has 0 saturated heterocycles. The Bertz CT molecular complexity index is 586. The van der Waals surface area contributed by atoms with Gasteiger partial charge in [-0.3, -0.25) is 14.6 Å². The van der Waals surface area contributed by atoms with Gasteiger partial charge in [0.15, 0.2) is 11.5 Å². The number of anilines is 1. The summed E-state index contributed by atoms with van der Waals surface area (Å²) in [5, 5.41) is 10.9. The van der Waals surface area contributed by atoms with Crippen molar-refractivity contribution in [3.63, 3.8) is 0 Å². The number of aryl methyl sites for hydroxylation is 2. The molecule has 2 heterocycles. The first-order chi connectivity index (χ1) is 9.01. The SMILES string of the molecule is CCn1cc(N)c(C(=O)N(C)Cc2n[nH]c(C)n2)n1. The first-order valence-electron chi connectivity index (χ1n) is 5.97. The molecule has 8 heteroatoms. The van der Waals surface area contributed by atoms with Gasteiger partial charge in [0, 0.05) is 19.8 Å². The van der Waals surface area contributed by atoms with Crippen molar-refractivity contribution in [2.24, 2.45) is 0 Å². The molecule has 1 amide bonds. The summed E-state index contributed by atoms with van der Waals surface area (Å²) in [6, 6.07) is 0. The van der Waals surface area contributed by atoms with Gasteiger partial charge in [-0.05, 0) is 13.8 Å². The number of aromatic nitrogens is 5. The van der Waals surface area contributed by atoms with Crippen molar-refractivity contribution in [3.8, 4) is 0 Å². The van der Waals surface area contributed by atoms with Crippen molar-refractivity contribution in [3.05, 3.63) is 23.5 Å². The lowest BCUT2D eigenvalue weighted by atomic mass is 10.3. The molecule has 0 radical (unpaired) electrons. The zero-order chi connectivity index (χ0) is 14.0. The second kappa shape index (κ2) is 5.09. The van der Waals surface area contributed by atoms with Gasteiger partial charge in [0.25, 0.3) is 5.91 Å². The minimum atomic E-state index is -0.243. The Hall–Kier alpha value is -2.38. The Labute approximate surface area is 110 Å². The molecule has 3 N–H and O–H groups in total. The zero-order valence-electron chi connectivity index (χ0n) is 11.2. The topological polar surface area (TPSA) is 106 Å². The number of H-pyrrole nitrogens is 1. The van der Waals surface area contributed by atoms with E-state index in [1.54, 1.807) is 24.9 Å². The number of hydrogen-bond acceptors (Lipinski definition) is 5. The van der Waals surface area contributed by atoms with Crippen LogP contribution in [-0.4, -0.2) is 42.8 Å². The molecular weight excluding hydrogens is 246 g/mol. The molecular formula is C11H17N7O. The molecule has 102 valence electrons. The fourth-order valence-electron chi connectivity index (χ4n) is 1.69. The van der Waals surface area contributed by atoms with Crippen molar-refractivity contribution in [2.75, 3.05) is 12.8 Å². The van der Waals surface area contributed by atoms with E-state index in [-0.39, 0.29) is 11.6 Å². The first kappa shape index (κ1) is 13.1. The number of nitrogens with one attached hydrogen (secondary N) is 1. The molecule has 2 aromatic heterocycles. The lowest BCUT2D eigenvalue weighted by Gasteiger charge is -2.13. The molecule has 0 spiro atoms. The van der Waals surface area contributed by atoms with Gasteiger partial charge >= 0.3 is 0 Å². The summed E-state index contributed by atoms with van der Waals surface area (Å²) in [4.78, 5) is 17.9. The second-order valence-electron chi connectivity index (χ2n) is 4.29. The van der Waals surface area contributed by atoms with Crippen LogP contribution in [0.4, 0.5) is 5.69 Å². The number of nitrogens with two attached hydrogens (primary N) is 1. The number of nitrogen functional groups attached to an aromatic ring is 1. The van der Waals surface area contributed by atoms with Gasteiger partial charge in [-0.25, -0.2) is 4.98 Å². The lowest BCUT2D eigenvalue weighted by molar-refractivity contribution is 0.0776. The van der Waals surface area contributed by atoms with E-state index in [0.717, 1.165) is 0 Å². The van der Waals surface area contributed by atoms with Crippen LogP contribution < -0.4 is 5.73 Å². The molecule has 0 saturated carbocycles. The summed E-state index contributed by atoms with van der Waals surface area (Å²) >= 11 is 0. The van der Waals surface area contributed by atoms with Crippen molar-refractivity contribution >= 4 is 11.6 Å². The Balaban J connectivity index is 2.12. The first-order valence-corrected chi connectivity index (χ1v) is 5.97. The van der Waals surface area contributed by atoms with Gasteiger partial charge in [-0.2, -0.15) is 10.2 Å². The Morgan fingerprint density at radius 2 is 2.32 bits per heavy atom. The van der Waals surface area contributed by atoms with Crippen molar-refractivity contribution in [1.29, 1.82) is 0 Å². The highest BCUT2D eigenvalue weighted by Crippen LogP contribution is 2.12. The van der Waals surface area contributed by atoms with E-state index >= 15 is 0 Å². The summed E-state index contributed by atoms with van der Waals surface area (Å²) in [7, 11) is 1.67. The van der Waals surface area contributed by atoms with Gasteiger partial charge in [-0.1, -0.05) is 0 Å². The van der Waals surface area contributed by atoms with Crippen LogP contribution in [0.1, 0.15) is 29.1 Å². The van der Waals surface area contributed by atoms with E-state index < -0.39 is 0 Å². The summed E-state index contributed by atoms with van der Waals surface area (Å²) in [6.07, 6.45) is 1.65. The molecule has 0 atom stereocenters. The minimum absolute atomic E-state index is 0.243. The van der Waals surface area contributed by atoms with Crippen molar-refractivity contribution < 1.29 is 4.79 Å². The average Bonchev–Trinajstić information content (AvgIpc) is 2.94. The molecule has 2 rings (SSSR count). The van der Waals surface area contributed by atoms with Crippen LogP contribution in [-0.2, 0) is 13.1 Å². The predicted octanol–water partition coefficient (Wildman–Crippen LogP) is 0.184. The maximum atomic E-state index is 12.2. The highest BCUT2D eigenvalue weighted by molar-refractivity contribution is 5.96. The van der Waals surface area contributed by atoms with Crippen LogP contribution >= 0.6 is 0 Å². The van der Waals surface area contributed by atoms with E-state index in [0.29, 0.717) is 30.4 Å². The molecule has 19 heavy (non-hydrogen) atoms. The highest BCUT2D eigenvalue weighted by Gasteiger charge is 2.19. The van der Waals surface area contributed by atoms with Gasteiger partial charge < -0.3 is 10.6 Å². The van der Waals surface area contributed by atoms with Gasteiger partial charge in [-0.15, -0.1) is 0 Å². The molecule has 8 nitrogen and oxygen atoms in total. The van der Waals surface area contributed by atoms with Gasteiger partial charge in [0.1, 0.15) is 5.82 Å². The van der Waals surface area contributed by atoms with E-state index in [1.165, 1.54) is 4.90 Å². The number of amides is 1. The summed E-state index contributed by atoms with van der Waals surface area (Å²) in [5.74, 6) is 1.03. The molecule has 0 aliphatic rings. The summed E-state index contributed by atoms with van der Waals surface area (Å²) in [6.45, 7) is 4.71. The Kier molecular flexibility index (Phi) is 3.50. The average molecular weight is 263 g/mol. The quantitative estimate of drug-likeness (QED) is 0.818. The van der Waals surface area contributed by atoms with Crippen molar-refractivity contribution in [1.82, 2.24) is 29.9 Å². The number of carbonyl (C=O) groups is 1. The Morgan fingerprint density at radius 3 is 2.84 bits per heavy atom. The third-order valence-electron chi connectivity index (χ3n) is 2.69. The van der Waals surface area contributed by atoms with Crippen LogP contribution in [0.5, 0.6) is 0 Å². The smallest absolute Gasteiger partial charge is 0.276 e. The van der Waals surface area contributed by atoms with Crippen LogP contribution in [0.2, 0.25) is 0 Å². The van der Waals surface area contributed by atoms with E-state index in [4.69, 9.17) is 5.73 Å². The molecule has 2 aromatic rings. The molecule has 0 aliphatic heterocycles. The number of aromatic amines is 1. The maximum absolute atomic E-state index is 12.2. The fourth-order valence-corrected chi connectivity index (χ4v) is 1.69. The largest absolute Gasteiger partial charge is 0.396 e. The molecule has 0 fully saturated rings. The normalized spacial score (nSPS) is 10.7. The monoisotopic (exact) mass is 263 g/mol. The van der Waals surface area contributed by atoms with E-state index in [2.05, 4.69) is 20.3 Å². The van der Waals surface area contributed by atoms with E-state index in [1.807, 2.05) is 6.92 Å². The number of nitrogens with zero attached hydrogens (tertiary/aromatic N) is 5. The third kappa shape index (κ3) is 2.72. The number of hydrogen-bond donors (Lipinski definition) is 2. The van der Waals surface area contributed by atoms with Crippen LogP contribution in [0.3, 0.4) is 0 Å². The fraction of sp³-hybridized carbons (Fsp3) is 0.455. The third-order valence-corrected chi connectivity index (χ3v) is 2.69. The summed E-state index contributed by atoms with van der Waals surface area (Å²) in [5.41, 5.74) is 6.43. The summed E-state index contributed by atoms with van der Waals surface area (Å²) < 4.78 is 1.63. The molecule has 0 bridgehead atoms. The molecule has 0 aromatic carbocycles. The lowest BCUT2D eigenvalue weighted by Crippen LogP contribution is -2.28. The highest BCUT2D eigenvalue weighted by atomic mass is 16.2. The van der Waals surface area contributed by atoms with E-state index in [9.17, 15) is 4.79 Å². The number of rotatable bonds is 4. The van der Waals surface area contributed by atoms with Gasteiger partial charge in [0.2, 0.25) is 0 Å². The minimum Gasteiger partial charge on any atom is -0.396 e. The van der Waals surface area contributed by atoms with Crippen molar-refractivity contribution in [2.45, 2.75) is 26.9 Å². The second-order valence-corrected chi connectivity index (χ2v) is 4.29. The molecule has 0 aliphatic carbocycles. The zero-order valence-corrected chi connectivity index (χ0v) is 11.2.